The number of carboxylic acid groups (broad SMARTS) is 1. The van der Waals surface area contributed by atoms with E-state index in [0.717, 1.165) is 19.6 Å². The van der Waals surface area contributed by atoms with Crippen molar-refractivity contribution in [3.8, 4) is 5.75 Å². The van der Waals surface area contributed by atoms with Gasteiger partial charge in [0.15, 0.2) is 0 Å². The molecule has 2 aromatic heterocycles. The fourth-order valence-electron chi connectivity index (χ4n) is 16.6. The normalized spacial score (nSPS) is 25.4. The number of aromatic nitrogens is 2. The van der Waals surface area contributed by atoms with Crippen LogP contribution in [0.5, 0.6) is 5.75 Å². The number of phenolic OH excluding ortho intramolecular Hbond substituents is 1. The standard InChI is InChI=1S/C89H129N21O20/c1-11-13-23-69-82(123)98-60(34-48(3)4)79(120)104-67(76(93)117)43-94-44-74(114)96-63(36-51-27-29-54(111)30-28-51)85(126)105(8)50(7)77(118)100-65(40-73(92)113)87(128)109-33-19-26-70(109)83(124)103-66(41-91)81(122)101-62(35-49(5)6)88(129)110-46-55(112)39-72(110)84(125)99-61(37-52-42-95-58-22-17-15-20-56(52)58)80(121)97-59(31-32-90)78(119)102-64(86(127)107(10)71(24-14-12-2)89(130)106(69)9)38-53-45-108(47-75(115)116)68-25-18-16-21-57(53)68/h15-18,20-22,25,27-30,42,45,48-50,55,59-67,69-72,94-95,111-112H,11-14,19,23-24,26,31-41,43-44,46-47,90-91H2,1-10H3,(H2,92,113)(H2,93,117)(H,96,114)(H,97,121)(H,98,123)(H,99,125)(H,100,118)(H,101,122)(H,102,119)(H,103,124)(H,104,120)(H,115,116)/t50-,55+,59-,60?,61-,62-,63-,64-,65-,66-,67-,69-,70-,71-,72-/m0/s1. The Morgan fingerprint density at radius 2 is 1.07 bits per heavy atom. The van der Waals surface area contributed by atoms with Crippen molar-refractivity contribution in [2.75, 3.05) is 60.4 Å². The minimum atomic E-state index is -1.75. The van der Waals surface area contributed by atoms with E-state index in [-0.39, 0.29) is 101 Å². The predicted molar refractivity (Wildman–Crippen MR) is 477 cm³/mol. The zero-order valence-electron chi connectivity index (χ0n) is 75.4. The van der Waals surface area contributed by atoms with Gasteiger partial charge in [0, 0.05) is 107 Å². The Bertz CT molecular complexity index is 4880. The number of H-pyrrole nitrogens is 1. The minimum absolute atomic E-state index is 0.000858. The van der Waals surface area contributed by atoms with E-state index in [1.54, 1.807) is 82.4 Å². The second kappa shape index (κ2) is 48.1. The molecule has 0 bridgehead atoms. The number of aromatic amines is 1. The van der Waals surface area contributed by atoms with Crippen LogP contribution in [-0.4, -0.2) is 301 Å². The number of nitrogens with zero attached hydrogens (tertiary/aromatic N) is 6. The molecule has 5 aromatic rings. The molecule has 8 rings (SSSR count). The molecule has 15 atom stereocenters. The number of hydrogen-bond donors (Lipinski definition) is 18. The number of unbranched alkanes of at least 4 members (excludes halogenated alkanes) is 2. The van der Waals surface area contributed by atoms with E-state index < -0.39 is 230 Å². The van der Waals surface area contributed by atoms with Crippen LogP contribution in [0, 0.1) is 11.8 Å². The molecule has 0 radical (unpaired) electrons. The van der Waals surface area contributed by atoms with Crippen LogP contribution >= 0.6 is 0 Å². The van der Waals surface area contributed by atoms with Gasteiger partial charge in [-0.1, -0.05) is 116 Å². The number of aromatic hydroxyl groups is 1. The molecule has 41 heteroatoms. The maximum absolute atomic E-state index is 15.9. The molecule has 41 nitrogen and oxygen atoms in total. The van der Waals surface area contributed by atoms with Gasteiger partial charge in [0.05, 0.1) is 19.1 Å². The summed E-state index contributed by atoms with van der Waals surface area (Å²) in [5.74, 6) is -16.8. The van der Waals surface area contributed by atoms with Gasteiger partial charge < -0.3 is 125 Å². The van der Waals surface area contributed by atoms with Crippen molar-refractivity contribution >= 4 is 122 Å². The number of para-hydroxylation sites is 2. The number of likely N-dealkylation sites (N-methyl/N-ethyl adjacent to an activating group) is 3. The highest BCUT2D eigenvalue weighted by Crippen LogP contribution is 2.29. The van der Waals surface area contributed by atoms with Gasteiger partial charge in [-0.25, -0.2) is 0 Å². The largest absolute Gasteiger partial charge is 0.508 e. The first kappa shape index (κ1) is 103. The molecule has 1 unspecified atom stereocenters. The lowest BCUT2D eigenvalue weighted by molar-refractivity contribution is -0.149. The Balaban J connectivity index is 1.19. The van der Waals surface area contributed by atoms with Crippen molar-refractivity contribution in [2.45, 2.75) is 248 Å². The topological polar surface area (TPSA) is 612 Å². The number of benzene rings is 3. The van der Waals surface area contributed by atoms with Gasteiger partial charge in [-0.15, -0.1) is 0 Å². The molecule has 3 aromatic carbocycles. The molecule has 3 aliphatic rings. The number of amides is 16. The Hall–Kier alpha value is -12.6. The molecule has 710 valence electrons. The maximum Gasteiger partial charge on any atom is 0.323 e. The molecule has 16 amide bonds. The quantitative estimate of drug-likeness (QED) is 0.0304. The zero-order valence-corrected chi connectivity index (χ0v) is 75.4. The van der Waals surface area contributed by atoms with Crippen LogP contribution in [0.15, 0.2) is 85.2 Å². The van der Waals surface area contributed by atoms with Crippen LogP contribution in [0.1, 0.15) is 149 Å². The average Bonchev–Trinajstić information content (AvgIpc) is 1.40. The number of carboxylic acids is 1. The third-order valence-electron chi connectivity index (χ3n) is 23.8. The van der Waals surface area contributed by atoms with Crippen molar-refractivity contribution in [1.29, 1.82) is 0 Å². The van der Waals surface area contributed by atoms with Crippen molar-refractivity contribution in [3.05, 3.63) is 102 Å². The van der Waals surface area contributed by atoms with Crippen molar-refractivity contribution in [1.82, 2.24) is 87.2 Å². The van der Waals surface area contributed by atoms with E-state index in [4.69, 9.17) is 22.9 Å². The second-order valence-corrected chi connectivity index (χ2v) is 34.6. The van der Waals surface area contributed by atoms with Gasteiger partial charge in [-0.2, -0.15) is 0 Å². The molecule has 3 fully saturated rings. The summed E-state index contributed by atoms with van der Waals surface area (Å²) >= 11 is 0. The summed E-state index contributed by atoms with van der Waals surface area (Å²) in [6, 6.07) is -1.82. The van der Waals surface area contributed by atoms with Crippen LogP contribution in [0.3, 0.4) is 0 Å². The monoisotopic (exact) mass is 1810 g/mol. The summed E-state index contributed by atoms with van der Waals surface area (Å²) in [5.41, 5.74) is 26.4. The fourth-order valence-corrected chi connectivity index (χ4v) is 16.6. The summed E-state index contributed by atoms with van der Waals surface area (Å²) < 4.78 is 1.45. The Morgan fingerprint density at radius 1 is 0.531 bits per heavy atom. The average molecular weight is 1810 g/mol. The molecule has 130 heavy (non-hydrogen) atoms. The SMILES string of the molecule is CCCC[C@H]1C(=O)N(C)[C@@H](CCCC)C(=O)NC(CC(C)C)C(=O)N[C@H](C(N)=O)CNCC(=O)N[C@@H](Cc2ccc(O)cc2)C(=O)N(C)[C@@H](C)C(=O)N[C@@H](CC(N)=O)C(=O)N2CCC[C@H]2C(=O)N[C@@H](CN)C(=O)N[C@@H](CC(C)C)C(=O)N2C[C@H](O)C[C@H]2C(=O)N[C@@H](Cc2c[nH]c3ccccc23)C(=O)N[C@@H](CCN)C(=O)N[C@@H](Cc2cn(CC(=O)O)c3ccccc23)C(=O)N1C. The zero-order chi connectivity index (χ0) is 95.7. The van der Waals surface area contributed by atoms with E-state index in [2.05, 4.69) is 58.2 Å². The highest BCUT2D eigenvalue weighted by molar-refractivity contribution is 6.02. The van der Waals surface area contributed by atoms with Gasteiger partial charge in [-0.3, -0.25) is 81.5 Å². The van der Waals surface area contributed by atoms with Gasteiger partial charge in [0.1, 0.15) is 96.9 Å². The van der Waals surface area contributed by atoms with Crippen LogP contribution in [-0.2, 0) is 107 Å². The molecule has 22 N–H and O–H groups in total. The number of fused-ring (bicyclic) bond motifs is 4. The van der Waals surface area contributed by atoms with E-state index in [0.29, 0.717) is 64.2 Å². The Morgan fingerprint density at radius 3 is 1.71 bits per heavy atom. The molecule has 0 saturated carbocycles. The first-order chi connectivity index (χ1) is 61.7. The lowest BCUT2D eigenvalue weighted by Gasteiger charge is -2.36. The number of aliphatic carboxylic acids is 1. The number of hydrogen-bond acceptors (Lipinski definition) is 22. The third-order valence-corrected chi connectivity index (χ3v) is 23.8. The van der Waals surface area contributed by atoms with Gasteiger partial charge in [0.2, 0.25) is 94.5 Å². The summed E-state index contributed by atoms with van der Waals surface area (Å²) in [4.78, 5) is 256. The van der Waals surface area contributed by atoms with E-state index in [1.807, 2.05) is 13.8 Å². The summed E-state index contributed by atoms with van der Waals surface area (Å²) in [7, 11) is 3.94. The number of rotatable bonds is 24. The number of aliphatic hydroxyl groups is 1. The lowest BCUT2D eigenvalue weighted by atomic mass is 9.99. The Labute approximate surface area is 754 Å². The van der Waals surface area contributed by atoms with Crippen molar-refractivity contribution in [3.63, 3.8) is 0 Å². The number of nitrogens with two attached hydrogens (primary N) is 4. The molecule has 3 aliphatic heterocycles. The highest BCUT2D eigenvalue weighted by atomic mass is 16.4. The first-order valence-electron chi connectivity index (χ1n) is 44.3. The number of carbonyl (C=O) groups is 17. The van der Waals surface area contributed by atoms with E-state index in [9.17, 15) is 63.3 Å². The molecular weight excluding hydrogens is 1680 g/mol. The first-order valence-corrected chi connectivity index (χ1v) is 44.3. The second-order valence-electron chi connectivity index (χ2n) is 34.6. The fraction of sp³-hybridized carbons (Fsp3) is 0.562. The van der Waals surface area contributed by atoms with Gasteiger partial charge in [0.25, 0.3) is 0 Å². The predicted octanol–water partition coefficient (Wildman–Crippen LogP) is -2.50. The summed E-state index contributed by atoms with van der Waals surface area (Å²) in [6.45, 7) is 8.93. The Kier molecular flexibility index (Phi) is 38.1. The van der Waals surface area contributed by atoms with Gasteiger partial charge >= 0.3 is 5.97 Å². The van der Waals surface area contributed by atoms with Crippen LogP contribution in [0.25, 0.3) is 21.8 Å². The summed E-state index contributed by atoms with van der Waals surface area (Å²) in [6.07, 6.45) is 1.24. The molecule has 0 spiro atoms. The van der Waals surface area contributed by atoms with Crippen LogP contribution in [0.2, 0.25) is 0 Å². The molecular formula is C89H129N21O20. The van der Waals surface area contributed by atoms with Crippen molar-refractivity contribution in [2.24, 2.45) is 34.8 Å². The number of nitrogens with one attached hydrogen (secondary N) is 11. The lowest BCUT2D eigenvalue weighted by Crippen LogP contribution is -2.62. The van der Waals surface area contributed by atoms with Crippen molar-refractivity contribution < 1.29 is 96.8 Å². The number of carbonyl (C=O) groups excluding carboxylic acids is 16. The van der Waals surface area contributed by atoms with Crippen LogP contribution < -0.4 is 76.1 Å². The minimum Gasteiger partial charge on any atom is -0.508 e. The smallest absolute Gasteiger partial charge is 0.323 e. The summed E-state index contributed by atoms with van der Waals surface area (Å²) in [5, 5.41) is 59.6. The third kappa shape index (κ3) is 27.7. The number of phenols is 1. The number of primary amides is 2. The molecule has 0 aliphatic carbocycles. The van der Waals surface area contributed by atoms with Crippen LogP contribution in [0.4, 0.5) is 0 Å². The van der Waals surface area contributed by atoms with Gasteiger partial charge in [-0.05, 0) is 111 Å². The highest BCUT2D eigenvalue weighted by Gasteiger charge is 2.47. The maximum atomic E-state index is 15.9. The van der Waals surface area contributed by atoms with E-state index in [1.165, 1.54) is 68.0 Å². The molecule has 5 heterocycles. The number of aliphatic hydroxyl groups excluding tert-OH is 1. The molecule has 3 saturated heterocycles. The van der Waals surface area contributed by atoms with E-state index >= 15 is 33.6 Å².